The van der Waals surface area contributed by atoms with E-state index in [0.29, 0.717) is 6.04 Å². The minimum atomic E-state index is 0.188. The summed E-state index contributed by atoms with van der Waals surface area (Å²) >= 11 is 0. The highest BCUT2D eigenvalue weighted by Gasteiger charge is 2.39. The van der Waals surface area contributed by atoms with Crippen molar-refractivity contribution in [3.63, 3.8) is 0 Å². The summed E-state index contributed by atoms with van der Waals surface area (Å²) in [7, 11) is 1.73. The Kier molecular flexibility index (Phi) is 6.50. The Morgan fingerprint density at radius 1 is 0.903 bits per heavy atom. The van der Waals surface area contributed by atoms with E-state index in [1.54, 1.807) is 12.0 Å². The zero-order chi connectivity index (χ0) is 21.0. The molecule has 0 spiro atoms. The molecule has 0 amide bonds. The number of ether oxygens (including phenoxy) is 1. The zero-order valence-electron chi connectivity index (χ0n) is 18.9. The lowest BCUT2D eigenvalue weighted by Crippen LogP contribution is -3.29. The number of tetrazole rings is 1. The summed E-state index contributed by atoms with van der Waals surface area (Å²) in [5.41, 5.74) is 1.30. The number of piperazine rings is 1. The van der Waals surface area contributed by atoms with Crippen LogP contribution >= 0.6 is 0 Å². The van der Waals surface area contributed by atoms with Crippen LogP contribution in [0, 0.1) is 0 Å². The van der Waals surface area contributed by atoms with Gasteiger partial charge in [-0.2, -0.15) is 0 Å². The molecule has 1 aliphatic heterocycles. The van der Waals surface area contributed by atoms with E-state index in [9.17, 15) is 0 Å². The van der Waals surface area contributed by atoms with Crippen molar-refractivity contribution in [1.82, 2.24) is 20.2 Å². The summed E-state index contributed by atoms with van der Waals surface area (Å²) < 4.78 is 7.60. The van der Waals surface area contributed by atoms with Crippen LogP contribution in [0.15, 0.2) is 24.3 Å². The van der Waals surface area contributed by atoms with Crippen LogP contribution in [0.1, 0.15) is 81.3 Å². The zero-order valence-corrected chi connectivity index (χ0v) is 18.9. The first kappa shape index (κ1) is 20.9. The van der Waals surface area contributed by atoms with Crippen molar-refractivity contribution in [3.05, 3.63) is 35.7 Å². The predicted octanol–water partition coefficient (Wildman–Crippen LogP) is 1.00. The van der Waals surface area contributed by atoms with Gasteiger partial charge in [0.1, 0.15) is 31.9 Å². The monoisotopic (exact) mass is 426 g/mol. The van der Waals surface area contributed by atoms with Gasteiger partial charge in [-0.25, -0.2) is 4.68 Å². The number of nitrogens with one attached hydrogen (secondary N) is 2. The molecule has 2 heterocycles. The molecular weight excluding hydrogens is 388 g/mol. The molecule has 2 aliphatic carbocycles. The molecule has 3 fully saturated rings. The second kappa shape index (κ2) is 9.65. The topological polar surface area (TPSA) is 61.7 Å². The quantitative estimate of drug-likeness (QED) is 0.724. The first-order valence-corrected chi connectivity index (χ1v) is 12.4. The maximum absolute atomic E-state index is 5.42. The summed E-state index contributed by atoms with van der Waals surface area (Å²) in [4.78, 5) is 3.44. The van der Waals surface area contributed by atoms with Gasteiger partial charge >= 0.3 is 0 Å². The van der Waals surface area contributed by atoms with Gasteiger partial charge in [0.25, 0.3) is 0 Å². The van der Waals surface area contributed by atoms with Crippen LogP contribution < -0.4 is 14.5 Å². The molecule has 0 bridgehead atoms. The van der Waals surface area contributed by atoms with Crippen molar-refractivity contribution in [3.8, 4) is 5.75 Å². The van der Waals surface area contributed by atoms with Crippen LogP contribution in [-0.4, -0.2) is 59.5 Å². The fraction of sp³-hybridized carbons (Fsp3) is 0.708. The lowest BCUT2D eigenvalue weighted by atomic mass is 9.95. The molecule has 2 saturated carbocycles. The lowest BCUT2D eigenvalue weighted by molar-refractivity contribution is -1.03. The molecule has 0 unspecified atom stereocenters. The van der Waals surface area contributed by atoms with Gasteiger partial charge in [-0.05, 0) is 73.2 Å². The number of nitrogens with zero attached hydrogens (tertiary/aromatic N) is 4. The van der Waals surface area contributed by atoms with E-state index in [1.165, 1.54) is 89.5 Å². The van der Waals surface area contributed by atoms with Gasteiger partial charge in [0.2, 0.25) is 5.82 Å². The minimum absolute atomic E-state index is 0.188. The summed E-state index contributed by atoms with van der Waals surface area (Å²) in [6, 6.07) is 10.1. The maximum atomic E-state index is 5.42. The Labute approximate surface area is 185 Å². The first-order chi connectivity index (χ1) is 15.3. The van der Waals surface area contributed by atoms with Gasteiger partial charge in [-0.15, -0.1) is 5.10 Å². The normalized spacial score (nSPS) is 26.7. The molecule has 7 nitrogen and oxygen atoms in total. The Morgan fingerprint density at radius 3 is 2.26 bits per heavy atom. The van der Waals surface area contributed by atoms with E-state index in [-0.39, 0.29) is 6.04 Å². The van der Waals surface area contributed by atoms with E-state index in [4.69, 9.17) is 4.74 Å². The summed E-state index contributed by atoms with van der Waals surface area (Å²) in [5.74, 6) is 1.95. The van der Waals surface area contributed by atoms with Crippen LogP contribution in [0.3, 0.4) is 0 Å². The van der Waals surface area contributed by atoms with Crippen LogP contribution in [0.5, 0.6) is 5.75 Å². The molecule has 1 aromatic carbocycles. The fourth-order valence-corrected chi connectivity index (χ4v) is 6.26. The number of rotatable bonds is 6. The van der Waals surface area contributed by atoms with Gasteiger partial charge in [0.15, 0.2) is 6.04 Å². The van der Waals surface area contributed by atoms with Crippen molar-refractivity contribution in [2.45, 2.75) is 75.9 Å². The molecule has 5 rings (SSSR count). The molecule has 0 radical (unpaired) electrons. The minimum Gasteiger partial charge on any atom is -0.497 e. The third-order valence-corrected chi connectivity index (χ3v) is 8.02. The summed E-state index contributed by atoms with van der Waals surface area (Å²) in [5, 5.41) is 13.3. The van der Waals surface area contributed by atoms with Crippen LogP contribution in [0.25, 0.3) is 0 Å². The average molecular weight is 427 g/mol. The van der Waals surface area contributed by atoms with Crippen molar-refractivity contribution < 1.29 is 14.5 Å². The maximum Gasteiger partial charge on any atom is 0.214 e. The van der Waals surface area contributed by atoms with Crippen molar-refractivity contribution >= 4 is 0 Å². The second-order valence-corrected chi connectivity index (χ2v) is 9.78. The lowest BCUT2D eigenvalue weighted by Gasteiger charge is -2.37. The molecule has 1 atom stereocenters. The van der Waals surface area contributed by atoms with Gasteiger partial charge in [-0.1, -0.05) is 19.3 Å². The highest BCUT2D eigenvalue weighted by atomic mass is 16.5. The highest BCUT2D eigenvalue weighted by Crippen LogP contribution is 2.30. The van der Waals surface area contributed by atoms with Crippen LogP contribution in [-0.2, 0) is 0 Å². The van der Waals surface area contributed by atoms with E-state index in [2.05, 4.69) is 44.5 Å². The largest absolute Gasteiger partial charge is 0.497 e. The number of methoxy groups -OCH3 is 1. The van der Waals surface area contributed by atoms with Crippen molar-refractivity contribution in [2.24, 2.45) is 0 Å². The predicted molar refractivity (Wildman–Crippen MR) is 118 cm³/mol. The second-order valence-electron chi connectivity index (χ2n) is 9.78. The Hall–Kier alpha value is -1.99. The average Bonchev–Trinajstić information content (AvgIpc) is 3.54. The summed E-state index contributed by atoms with van der Waals surface area (Å²) in [6.07, 6.45) is 12.0. The van der Waals surface area contributed by atoms with E-state index in [0.717, 1.165) is 17.6 Å². The third-order valence-electron chi connectivity index (χ3n) is 8.02. The SMILES string of the molecule is COc1ccc([C@H](c2nnnn2C2CCCCC2)[NH+]2CC[NH+](C3CCCC3)CC2)cc1. The molecule has 1 saturated heterocycles. The van der Waals surface area contributed by atoms with Crippen molar-refractivity contribution in [1.29, 1.82) is 0 Å². The van der Waals surface area contributed by atoms with E-state index < -0.39 is 0 Å². The van der Waals surface area contributed by atoms with E-state index >= 15 is 0 Å². The van der Waals surface area contributed by atoms with Crippen molar-refractivity contribution in [2.75, 3.05) is 33.3 Å². The number of benzene rings is 1. The van der Waals surface area contributed by atoms with Crippen LogP contribution in [0.2, 0.25) is 0 Å². The highest BCUT2D eigenvalue weighted by molar-refractivity contribution is 5.30. The Balaban J connectivity index is 1.41. The number of quaternary nitrogens is 2. The van der Waals surface area contributed by atoms with Gasteiger partial charge in [-0.3, -0.25) is 0 Å². The van der Waals surface area contributed by atoms with Gasteiger partial charge in [0.05, 0.1) is 19.2 Å². The third kappa shape index (κ3) is 4.48. The molecule has 7 heteroatoms. The molecule has 3 aliphatic rings. The summed E-state index contributed by atoms with van der Waals surface area (Å²) in [6.45, 7) is 4.88. The molecule has 31 heavy (non-hydrogen) atoms. The molecular formula is C24H38N6O+2. The molecule has 168 valence electrons. The number of hydrogen-bond acceptors (Lipinski definition) is 4. The van der Waals surface area contributed by atoms with Gasteiger partial charge in [0, 0.05) is 5.56 Å². The number of hydrogen-bond donors (Lipinski definition) is 2. The smallest absolute Gasteiger partial charge is 0.214 e. The Bertz CT molecular complexity index is 817. The molecule has 2 aromatic rings. The Morgan fingerprint density at radius 2 is 1.58 bits per heavy atom. The fourth-order valence-electron chi connectivity index (χ4n) is 6.26. The van der Waals surface area contributed by atoms with Gasteiger partial charge < -0.3 is 14.5 Å². The molecule has 1 aromatic heterocycles. The van der Waals surface area contributed by atoms with E-state index in [1.807, 2.05) is 4.90 Å². The number of aromatic nitrogens is 4. The first-order valence-electron chi connectivity index (χ1n) is 12.4. The standard InChI is InChI=1S/C24H36N6O/c1-31-22-13-11-19(12-14-22)23(24-25-26-27-30(24)21-9-3-2-4-10-21)29-17-15-28(16-18-29)20-7-5-6-8-20/h11-14,20-21,23H,2-10,15-18H2,1H3/p+2/t23-/m1/s1. The van der Waals surface area contributed by atoms with Crippen LogP contribution in [0.4, 0.5) is 0 Å². The molecule has 2 N–H and O–H groups in total.